The Labute approximate surface area is 170 Å². The molecule has 0 bridgehead atoms. The van der Waals surface area contributed by atoms with Gasteiger partial charge >= 0.3 is 0 Å². The van der Waals surface area contributed by atoms with E-state index in [9.17, 15) is 17.6 Å². The Balaban J connectivity index is 1.60. The number of nitrogens with zero attached hydrogens (tertiary/aromatic N) is 2. The summed E-state index contributed by atoms with van der Waals surface area (Å²) in [5.41, 5.74) is 0.331. The van der Waals surface area contributed by atoms with Gasteiger partial charge in [-0.3, -0.25) is 4.79 Å². The van der Waals surface area contributed by atoms with Crippen LogP contribution >= 0.6 is 0 Å². The number of rotatable bonds is 6. The van der Waals surface area contributed by atoms with Crippen molar-refractivity contribution in [2.45, 2.75) is 11.8 Å². The van der Waals surface area contributed by atoms with Crippen LogP contribution in [0.3, 0.4) is 0 Å². The highest BCUT2D eigenvalue weighted by Crippen LogP contribution is 2.21. The van der Waals surface area contributed by atoms with Crippen LogP contribution in [0, 0.1) is 5.82 Å². The summed E-state index contributed by atoms with van der Waals surface area (Å²) in [6.07, 6.45) is 2.75. The largest absolute Gasteiger partial charge is 0.494 e. The molecule has 0 spiro atoms. The SMILES string of the molecule is CCOc1ccc(S(=O)(=O)N2CCN(C(=O)/C=C/c3ccccc3F)CC2)cc1. The minimum Gasteiger partial charge on any atom is -0.494 e. The summed E-state index contributed by atoms with van der Waals surface area (Å²) in [6, 6.07) is 12.5. The van der Waals surface area contributed by atoms with Crippen molar-refractivity contribution in [3.8, 4) is 5.75 Å². The number of carbonyl (C=O) groups excluding carboxylic acids is 1. The van der Waals surface area contributed by atoms with Gasteiger partial charge in [-0.25, -0.2) is 12.8 Å². The topological polar surface area (TPSA) is 66.9 Å². The van der Waals surface area contributed by atoms with Crippen molar-refractivity contribution in [2.24, 2.45) is 0 Å². The lowest BCUT2D eigenvalue weighted by Crippen LogP contribution is -2.50. The maximum absolute atomic E-state index is 13.6. The van der Waals surface area contributed by atoms with E-state index in [-0.39, 0.29) is 37.0 Å². The zero-order valence-corrected chi connectivity index (χ0v) is 16.9. The molecule has 0 N–H and O–H groups in total. The molecule has 1 aliphatic rings. The van der Waals surface area contributed by atoms with Crippen molar-refractivity contribution in [3.63, 3.8) is 0 Å². The Bertz CT molecular complexity index is 982. The van der Waals surface area contributed by atoms with Gasteiger partial charge in [-0.2, -0.15) is 4.31 Å². The van der Waals surface area contributed by atoms with E-state index in [1.165, 1.54) is 34.7 Å². The maximum Gasteiger partial charge on any atom is 0.246 e. The van der Waals surface area contributed by atoms with Crippen molar-refractivity contribution in [2.75, 3.05) is 32.8 Å². The summed E-state index contributed by atoms with van der Waals surface area (Å²) < 4.78 is 46.0. The first-order chi connectivity index (χ1) is 13.9. The second-order valence-electron chi connectivity index (χ2n) is 6.49. The van der Waals surface area contributed by atoms with Crippen LogP contribution < -0.4 is 4.74 Å². The number of benzene rings is 2. The molecule has 0 atom stereocenters. The Morgan fingerprint density at radius 2 is 1.72 bits per heavy atom. The van der Waals surface area contributed by atoms with Crippen molar-refractivity contribution >= 4 is 22.0 Å². The summed E-state index contributed by atoms with van der Waals surface area (Å²) in [5.74, 6) is -0.0577. The molecule has 0 unspecified atom stereocenters. The highest BCUT2D eigenvalue weighted by atomic mass is 32.2. The Kier molecular flexibility index (Phi) is 6.66. The molecule has 0 radical (unpaired) electrons. The molecular formula is C21H23FN2O4S. The molecule has 2 aromatic carbocycles. The van der Waals surface area contributed by atoms with Crippen LogP contribution in [0.5, 0.6) is 5.75 Å². The van der Waals surface area contributed by atoms with Gasteiger partial charge in [0, 0.05) is 37.8 Å². The number of ether oxygens (including phenoxy) is 1. The number of hydrogen-bond acceptors (Lipinski definition) is 4. The first-order valence-electron chi connectivity index (χ1n) is 9.36. The van der Waals surface area contributed by atoms with E-state index in [1.54, 1.807) is 35.2 Å². The summed E-state index contributed by atoms with van der Waals surface area (Å²) in [4.78, 5) is 14.1. The van der Waals surface area contributed by atoms with Gasteiger partial charge in [-0.1, -0.05) is 18.2 Å². The Hall–Kier alpha value is -2.71. The minimum absolute atomic E-state index is 0.195. The number of halogens is 1. The van der Waals surface area contributed by atoms with Gasteiger partial charge in [0.2, 0.25) is 15.9 Å². The van der Waals surface area contributed by atoms with Crippen LogP contribution in [0.25, 0.3) is 6.08 Å². The van der Waals surface area contributed by atoms with Gasteiger partial charge in [0.1, 0.15) is 11.6 Å². The molecule has 1 fully saturated rings. The van der Waals surface area contributed by atoms with Crippen LogP contribution in [0.15, 0.2) is 59.5 Å². The lowest BCUT2D eigenvalue weighted by molar-refractivity contribution is -0.127. The van der Waals surface area contributed by atoms with Crippen LogP contribution in [0.4, 0.5) is 4.39 Å². The average molecular weight is 418 g/mol. The quantitative estimate of drug-likeness (QED) is 0.677. The molecule has 1 amide bonds. The molecule has 0 aliphatic carbocycles. The van der Waals surface area contributed by atoms with Crippen molar-refractivity contribution in [3.05, 3.63) is 66.0 Å². The van der Waals surface area contributed by atoms with Crippen LogP contribution in [0.2, 0.25) is 0 Å². The maximum atomic E-state index is 13.6. The lowest BCUT2D eigenvalue weighted by Gasteiger charge is -2.33. The second kappa shape index (κ2) is 9.19. The Morgan fingerprint density at radius 3 is 2.34 bits per heavy atom. The van der Waals surface area contributed by atoms with Crippen molar-refractivity contribution in [1.29, 1.82) is 0 Å². The first-order valence-corrected chi connectivity index (χ1v) is 10.8. The molecule has 8 heteroatoms. The standard InChI is InChI=1S/C21H23FN2O4S/c1-2-28-18-8-10-19(11-9-18)29(26,27)24-15-13-23(14-16-24)21(25)12-7-17-5-3-4-6-20(17)22/h3-12H,2,13-16H2,1H3/b12-7+. The molecule has 3 rings (SSSR count). The first kappa shape index (κ1) is 21.0. The van der Waals surface area contributed by atoms with Crippen LogP contribution in [-0.2, 0) is 14.8 Å². The number of sulfonamides is 1. The van der Waals surface area contributed by atoms with Crippen LogP contribution in [-0.4, -0.2) is 56.3 Å². The molecule has 154 valence electrons. The van der Waals surface area contributed by atoms with Gasteiger partial charge in [-0.15, -0.1) is 0 Å². The van der Waals surface area contributed by atoms with Crippen molar-refractivity contribution in [1.82, 2.24) is 9.21 Å². The van der Waals surface area contributed by atoms with E-state index in [1.807, 2.05) is 6.92 Å². The van der Waals surface area contributed by atoms with Crippen LogP contribution in [0.1, 0.15) is 12.5 Å². The van der Waals surface area contributed by atoms with E-state index in [4.69, 9.17) is 4.74 Å². The summed E-state index contributed by atoms with van der Waals surface area (Å²) in [6.45, 7) is 3.32. The summed E-state index contributed by atoms with van der Waals surface area (Å²) >= 11 is 0. The molecule has 0 aromatic heterocycles. The molecular weight excluding hydrogens is 395 g/mol. The lowest BCUT2D eigenvalue weighted by atomic mass is 10.2. The zero-order valence-electron chi connectivity index (χ0n) is 16.1. The molecule has 2 aromatic rings. The monoisotopic (exact) mass is 418 g/mol. The predicted octanol–water partition coefficient (Wildman–Crippen LogP) is 2.77. The van der Waals surface area contributed by atoms with E-state index in [0.717, 1.165) is 0 Å². The smallest absolute Gasteiger partial charge is 0.246 e. The van der Waals surface area contributed by atoms with Gasteiger partial charge in [0.15, 0.2) is 0 Å². The average Bonchev–Trinajstić information content (AvgIpc) is 2.74. The van der Waals surface area contributed by atoms with Gasteiger partial charge in [0.25, 0.3) is 0 Å². The predicted molar refractivity (Wildman–Crippen MR) is 108 cm³/mol. The third kappa shape index (κ3) is 5.02. The van der Waals surface area contributed by atoms with Gasteiger partial charge in [-0.05, 0) is 43.3 Å². The molecule has 1 aliphatic heterocycles. The number of amides is 1. The third-order valence-corrected chi connectivity index (χ3v) is 6.55. The van der Waals surface area contributed by atoms with E-state index in [0.29, 0.717) is 17.9 Å². The molecule has 1 saturated heterocycles. The highest BCUT2D eigenvalue weighted by molar-refractivity contribution is 7.89. The number of piperazine rings is 1. The fourth-order valence-electron chi connectivity index (χ4n) is 3.05. The molecule has 0 saturated carbocycles. The van der Waals surface area contributed by atoms with Crippen molar-refractivity contribution < 1.29 is 22.3 Å². The Morgan fingerprint density at radius 1 is 1.07 bits per heavy atom. The fraction of sp³-hybridized carbons (Fsp3) is 0.286. The third-order valence-electron chi connectivity index (χ3n) is 4.63. The summed E-state index contributed by atoms with van der Waals surface area (Å²) in [7, 11) is -3.63. The normalized spacial score (nSPS) is 15.6. The van der Waals surface area contributed by atoms with E-state index < -0.39 is 15.8 Å². The van der Waals surface area contributed by atoms with Gasteiger partial charge in [0.05, 0.1) is 11.5 Å². The summed E-state index contributed by atoms with van der Waals surface area (Å²) in [5, 5.41) is 0. The fourth-order valence-corrected chi connectivity index (χ4v) is 4.47. The van der Waals surface area contributed by atoms with E-state index in [2.05, 4.69) is 0 Å². The molecule has 1 heterocycles. The molecule has 6 nitrogen and oxygen atoms in total. The number of carbonyl (C=O) groups is 1. The van der Waals surface area contributed by atoms with E-state index >= 15 is 0 Å². The zero-order chi connectivity index (χ0) is 20.9. The highest BCUT2D eigenvalue weighted by Gasteiger charge is 2.29. The minimum atomic E-state index is -3.63. The number of hydrogen-bond donors (Lipinski definition) is 0. The van der Waals surface area contributed by atoms with Gasteiger partial charge < -0.3 is 9.64 Å². The molecule has 29 heavy (non-hydrogen) atoms. The second-order valence-corrected chi connectivity index (χ2v) is 8.43.